The van der Waals surface area contributed by atoms with E-state index in [1.54, 1.807) is 18.3 Å². The van der Waals surface area contributed by atoms with E-state index < -0.39 is 17.1 Å². The van der Waals surface area contributed by atoms with Gasteiger partial charge in [0.05, 0.1) is 18.3 Å². The first-order valence-electron chi connectivity index (χ1n) is 7.97. The fraction of sp³-hybridized carbons (Fsp3) is 0.167. The molecule has 134 valence electrons. The number of benzene rings is 2. The minimum Gasteiger partial charge on any atom is -0.494 e. The zero-order valence-electron chi connectivity index (χ0n) is 13.9. The molecule has 0 radical (unpaired) electrons. The van der Waals surface area contributed by atoms with Crippen molar-refractivity contribution >= 4 is 39.2 Å². The van der Waals surface area contributed by atoms with Gasteiger partial charge in [0, 0.05) is 35.6 Å². The molecule has 1 aromatic heterocycles. The van der Waals surface area contributed by atoms with E-state index in [0.717, 1.165) is 29.9 Å². The van der Waals surface area contributed by atoms with Crippen molar-refractivity contribution in [1.82, 2.24) is 4.98 Å². The van der Waals surface area contributed by atoms with Gasteiger partial charge in [-0.2, -0.15) is 0 Å². The second kappa shape index (κ2) is 6.54. The summed E-state index contributed by atoms with van der Waals surface area (Å²) in [6, 6.07) is 10.4. The highest BCUT2D eigenvalue weighted by molar-refractivity contribution is 7.80. The minimum absolute atomic E-state index is 0.164. The molecule has 2 heterocycles. The van der Waals surface area contributed by atoms with Crippen LogP contribution in [0.2, 0.25) is 0 Å². The van der Waals surface area contributed by atoms with Crippen molar-refractivity contribution in [1.29, 1.82) is 0 Å². The van der Waals surface area contributed by atoms with Crippen molar-refractivity contribution in [3.05, 3.63) is 54.0 Å². The fourth-order valence-electron chi connectivity index (χ4n) is 3.34. The molecule has 3 aromatic rings. The van der Waals surface area contributed by atoms with Crippen molar-refractivity contribution in [2.75, 3.05) is 23.3 Å². The Labute approximate surface area is 152 Å². The van der Waals surface area contributed by atoms with Gasteiger partial charge in [-0.25, -0.2) is 8.60 Å². The molecular weight excluding hydrogens is 357 g/mol. The molecule has 1 aliphatic heterocycles. The minimum atomic E-state index is -2.11. The Bertz CT molecular complexity index is 1030. The first-order valence-corrected chi connectivity index (χ1v) is 9.07. The molecule has 0 aliphatic carbocycles. The lowest BCUT2D eigenvalue weighted by molar-refractivity contribution is 0.387. The van der Waals surface area contributed by atoms with Gasteiger partial charge in [-0.3, -0.25) is 14.3 Å². The van der Waals surface area contributed by atoms with E-state index >= 15 is 0 Å². The predicted molar refractivity (Wildman–Crippen MR) is 99.8 cm³/mol. The maximum Gasteiger partial charge on any atom is 0.259 e. The fourth-order valence-corrected chi connectivity index (χ4v) is 3.67. The van der Waals surface area contributed by atoms with Crippen LogP contribution in [-0.4, -0.2) is 27.4 Å². The Kier molecular flexibility index (Phi) is 4.21. The van der Waals surface area contributed by atoms with Gasteiger partial charge in [-0.1, -0.05) is 0 Å². The van der Waals surface area contributed by atoms with Crippen LogP contribution >= 0.6 is 0 Å². The van der Waals surface area contributed by atoms with Crippen molar-refractivity contribution in [3.8, 4) is 5.75 Å². The van der Waals surface area contributed by atoms with Crippen molar-refractivity contribution in [3.63, 3.8) is 0 Å². The third-order valence-electron chi connectivity index (χ3n) is 4.46. The summed E-state index contributed by atoms with van der Waals surface area (Å²) in [4.78, 5) is 6.42. The molecule has 1 atom stereocenters. The van der Waals surface area contributed by atoms with Crippen molar-refractivity contribution < 1.29 is 17.9 Å². The predicted octanol–water partition coefficient (Wildman–Crippen LogP) is 3.63. The molecule has 1 aliphatic rings. The smallest absolute Gasteiger partial charge is 0.259 e. The Balaban J connectivity index is 1.79. The molecule has 2 N–H and O–H groups in total. The number of anilines is 3. The largest absolute Gasteiger partial charge is 0.494 e. The number of methoxy groups -OCH3 is 1. The third-order valence-corrected chi connectivity index (χ3v) is 4.87. The van der Waals surface area contributed by atoms with E-state index in [4.69, 9.17) is 9.29 Å². The quantitative estimate of drug-likeness (QED) is 0.683. The first-order chi connectivity index (χ1) is 12.6. The summed E-state index contributed by atoms with van der Waals surface area (Å²) in [7, 11) is 1.43. The third kappa shape index (κ3) is 2.87. The van der Waals surface area contributed by atoms with Gasteiger partial charge in [-0.15, -0.1) is 0 Å². The first kappa shape index (κ1) is 16.7. The Morgan fingerprint density at radius 2 is 2.12 bits per heavy atom. The summed E-state index contributed by atoms with van der Waals surface area (Å²) >= 11 is -2.11. The van der Waals surface area contributed by atoms with Gasteiger partial charge in [0.25, 0.3) is 11.3 Å². The van der Waals surface area contributed by atoms with Crippen LogP contribution in [0, 0.1) is 5.82 Å². The summed E-state index contributed by atoms with van der Waals surface area (Å²) < 4.78 is 41.6. The van der Waals surface area contributed by atoms with E-state index in [0.29, 0.717) is 16.6 Å². The zero-order chi connectivity index (χ0) is 18.3. The normalized spacial score (nSPS) is 14.3. The molecule has 0 amide bonds. The number of pyridine rings is 1. The summed E-state index contributed by atoms with van der Waals surface area (Å²) in [5.74, 6) is -0.268. The lowest BCUT2D eigenvalue weighted by Gasteiger charge is -2.21. The van der Waals surface area contributed by atoms with Crippen LogP contribution in [-0.2, 0) is 17.7 Å². The highest BCUT2D eigenvalue weighted by Crippen LogP contribution is 2.39. The molecule has 8 heteroatoms. The van der Waals surface area contributed by atoms with Crippen molar-refractivity contribution in [2.45, 2.75) is 6.42 Å². The van der Waals surface area contributed by atoms with Crippen LogP contribution < -0.4 is 14.4 Å². The number of aromatic nitrogens is 1. The topological polar surface area (TPSA) is 74.7 Å². The van der Waals surface area contributed by atoms with Gasteiger partial charge in [-0.05, 0) is 42.3 Å². The molecule has 1 unspecified atom stereocenters. The van der Waals surface area contributed by atoms with Crippen LogP contribution in [0.1, 0.15) is 5.56 Å². The number of hydrogen-bond donors (Lipinski definition) is 2. The molecule has 0 saturated carbocycles. The lowest BCUT2D eigenvalue weighted by atomic mass is 10.1. The van der Waals surface area contributed by atoms with E-state index in [1.807, 2.05) is 18.2 Å². The summed E-state index contributed by atoms with van der Waals surface area (Å²) in [5, 5.41) is 0.706. The van der Waals surface area contributed by atoms with E-state index in [-0.39, 0.29) is 5.75 Å². The zero-order valence-corrected chi connectivity index (χ0v) is 14.7. The van der Waals surface area contributed by atoms with Gasteiger partial charge in [0.1, 0.15) is 0 Å². The maximum absolute atomic E-state index is 14.2. The molecule has 0 bridgehead atoms. The van der Waals surface area contributed by atoms with Crippen molar-refractivity contribution in [2.24, 2.45) is 0 Å². The van der Waals surface area contributed by atoms with Crippen LogP contribution in [0.25, 0.3) is 10.9 Å². The number of rotatable bonds is 4. The van der Waals surface area contributed by atoms with Crippen LogP contribution in [0.3, 0.4) is 0 Å². The average Bonchev–Trinajstić information content (AvgIpc) is 3.03. The van der Waals surface area contributed by atoms with Gasteiger partial charge in [0.2, 0.25) is 0 Å². The second-order valence-electron chi connectivity index (χ2n) is 5.93. The number of ether oxygens (including phenoxy) is 1. The summed E-state index contributed by atoms with van der Waals surface area (Å²) in [6.45, 7) is 0.730. The second-order valence-corrected chi connectivity index (χ2v) is 6.63. The molecular formula is C18H16FN3O3S. The highest BCUT2D eigenvalue weighted by atomic mass is 32.2. The molecule has 6 nitrogen and oxygen atoms in total. The van der Waals surface area contributed by atoms with Gasteiger partial charge < -0.3 is 9.64 Å². The SMILES string of the molecule is COc1cc2nccc(N3CCc4cc(NS(=O)O)ccc43)c2cc1F. The molecule has 2 aromatic carbocycles. The number of nitrogens with one attached hydrogen (secondary N) is 1. The Morgan fingerprint density at radius 3 is 2.88 bits per heavy atom. The molecule has 0 spiro atoms. The Hall–Kier alpha value is -2.71. The highest BCUT2D eigenvalue weighted by Gasteiger charge is 2.23. The Morgan fingerprint density at radius 1 is 1.27 bits per heavy atom. The monoisotopic (exact) mass is 373 g/mol. The standard InChI is InChI=1S/C18H16FN3O3S/c1-25-18-10-15-13(9-14(18)19)17(4-6-20-15)22-7-5-11-8-12(21-26(23)24)2-3-16(11)22/h2-4,6,8-10,21H,5,7H2,1H3,(H,23,24). The molecule has 0 saturated heterocycles. The summed E-state index contributed by atoms with van der Waals surface area (Å²) in [6.07, 6.45) is 2.48. The lowest BCUT2D eigenvalue weighted by Crippen LogP contribution is -2.14. The average molecular weight is 373 g/mol. The van der Waals surface area contributed by atoms with Gasteiger partial charge in [0.15, 0.2) is 11.6 Å². The van der Waals surface area contributed by atoms with Crippen LogP contribution in [0.4, 0.5) is 21.5 Å². The number of fused-ring (bicyclic) bond motifs is 2. The molecule has 4 rings (SSSR count). The van der Waals surface area contributed by atoms with Crippen LogP contribution in [0.5, 0.6) is 5.75 Å². The number of hydrogen-bond acceptors (Lipinski definition) is 4. The number of halogens is 1. The van der Waals surface area contributed by atoms with E-state index in [9.17, 15) is 8.60 Å². The maximum atomic E-state index is 14.2. The van der Waals surface area contributed by atoms with Gasteiger partial charge >= 0.3 is 0 Å². The number of nitrogens with zero attached hydrogens (tertiary/aromatic N) is 2. The van der Waals surface area contributed by atoms with E-state index in [2.05, 4.69) is 14.6 Å². The summed E-state index contributed by atoms with van der Waals surface area (Å²) in [5.41, 5.74) is 4.15. The molecule has 26 heavy (non-hydrogen) atoms. The van der Waals surface area contributed by atoms with E-state index in [1.165, 1.54) is 13.2 Å². The molecule has 0 fully saturated rings. The van der Waals surface area contributed by atoms with Crippen LogP contribution in [0.15, 0.2) is 42.6 Å².